The van der Waals surface area contributed by atoms with E-state index in [4.69, 9.17) is 46.9 Å². The summed E-state index contributed by atoms with van der Waals surface area (Å²) in [6, 6.07) is 11.7. The van der Waals surface area contributed by atoms with Gasteiger partial charge in [0.2, 0.25) is 19.5 Å². The summed E-state index contributed by atoms with van der Waals surface area (Å²) in [5.41, 5.74) is 0.384. The summed E-state index contributed by atoms with van der Waals surface area (Å²) in [6.45, 7) is -1.45. The summed E-state index contributed by atoms with van der Waals surface area (Å²) in [4.78, 5) is 35.7. The largest absolute Gasteiger partial charge is 0.434 e. The Morgan fingerprint density at radius 3 is 1.65 bits per heavy atom. The predicted octanol–water partition coefficient (Wildman–Crippen LogP) is 4.78. The van der Waals surface area contributed by atoms with Crippen molar-refractivity contribution in [2.45, 2.75) is 12.8 Å². The molecule has 0 saturated carbocycles. The van der Waals surface area contributed by atoms with Gasteiger partial charge in [-0.05, 0) is 55.0 Å². The minimum absolute atomic E-state index is 0.0112. The summed E-state index contributed by atoms with van der Waals surface area (Å²) in [7, 11) is -2.81. The van der Waals surface area contributed by atoms with Gasteiger partial charge in [0.1, 0.15) is 0 Å². The highest BCUT2D eigenvalue weighted by molar-refractivity contribution is 7.53. The molecule has 0 saturated heterocycles. The first-order valence-corrected chi connectivity index (χ1v) is 12.3. The van der Waals surface area contributed by atoms with Crippen LogP contribution in [0.15, 0.2) is 48.5 Å². The average Bonchev–Trinajstić information content (AvgIpc) is 2.79. The lowest BCUT2D eigenvalue weighted by atomic mass is 10.2. The molecule has 0 spiro atoms. The Morgan fingerprint density at radius 2 is 1.26 bits per heavy atom. The lowest BCUT2D eigenvalue weighted by Gasteiger charge is -2.18. The molecule has 0 bridgehead atoms. The molecular weight excluding hydrogens is 512 g/mol. The van der Waals surface area contributed by atoms with Gasteiger partial charge in [-0.15, -0.1) is 0 Å². The van der Waals surface area contributed by atoms with Crippen LogP contribution in [0.2, 0.25) is 10.0 Å². The number of hydrogen-bond acceptors (Lipinski definition) is 9. The normalized spacial score (nSPS) is 11.1. The lowest BCUT2D eigenvalue weighted by molar-refractivity contribution is -0.159. The molecule has 0 atom stereocenters. The van der Waals surface area contributed by atoms with E-state index in [9.17, 15) is 18.9 Å². The van der Waals surface area contributed by atoms with Gasteiger partial charge in [0.15, 0.2) is 0 Å². The molecule has 184 valence electrons. The van der Waals surface area contributed by atoms with Crippen LogP contribution in [0.4, 0.5) is 0 Å². The molecule has 2 rings (SSSR count). The Labute approximate surface area is 205 Å². The van der Waals surface area contributed by atoms with E-state index in [-0.39, 0.29) is 30.1 Å². The molecule has 10 nitrogen and oxygen atoms in total. The molecule has 0 radical (unpaired) electrons. The number of amides is 1. The van der Waals surface area contributed by atoms with Gasteiger partial charge in [0, 0.05) is 23.5 Å². The summed E-state index contributed by atoms with van der Waals surface area (Å²) in [6.07, 6.45) is -0.417. The Kier molecular flexibility index (Phi) is 11.0. The summed E-state index contributed by atoms with van der Waals surface area (Å²) in [5, 5.41) is 10.4. The van der Waals surface area contributed by atoms with Crippen molar-refractivity contribution in [2.24, 2.45) is 0 Å². The van der Waals surface area contributed by atoms with E-state index in [1.165, 1.54) is 48.5 Å². The highest BCUT2D eigenvalue weighted by Crippen LogP contribution is 2.49. The Bertz CT molecular complexity index is 962. The molecule has 0 heterocycles. The number of ether oxygens (including phenoxy) is 2. The number of hydrogen-bond donors (Lipinski definition) is 1. The second-order valence-electron chi connectivity index (χ2n) is 6.73. The summed E-state index contributed by atoms with van der Waals surface area (Å²) in [5.74, 6) is -2.13. The fraction of sp³-hybridized carbons (Fsp3) is 0.286. The first-order chi connectivity index (χ1) is 16.1. The first-order valence-electron chi connectivity index (χ1n) is 9.78. The predicted molar refractivity (Wildman–Crippen MR) is 122 cm³/mol. The number of rotatable bonds is 12. The number of nitrogens with zero attached hydrogens (tertiary/aromatic N) is 1. The Morgan fingerprint density at radius 1 is 0.853 bits per heavy atom. The van der Waals surface area contributed by atoms with E-state index in [1.807, 2.05) is 0 Å². The van der Waals surface area contributed by atoms with E-state index in [0.29, 0.717) is 15.1 Å². The molecule has 2 aromatic carbocycles. The molecule has 0 aromatic heterocycles. The van der Waals surface area contributed by atoms with Crippen LogP contribution >= 0.6 is 30.8 Å². The van der Waals surface area contributed by atoms with Crippen molar-refractivity contribution in [1.29, 1.82) is 0 Å². The SMILES string of the molecule is CN(O)C(=O)CCCP(=O)(OCOC(=O)c1ccc(Cl)cc1)OCOC(=O)c1ccc(Cl)cc1. The average molecular weight is 534 g/mol. The first kappa shape index (κ1) is 27.8. The number of carbonyl (C=O) groups is 3. The zero-order valence-electron chi connectivity index (χ0n) is 18.0. The van der Waals surface area contributed by atoms with Crippen molar-refractivity contribution in [3.63, 3.8) is 0 Å². The highest BCUT2D eigenvalue weighted by Gasteiger charge is 2.27. The number of esters is 2. The van der Waals surface area contributed by atoms with Crippen molar-refractivity contribution in [1.82, 2.24) is 5.06 Å². The molecule has 1 N–H and O–H groups in total. The fourth-order valence-corrected chi connectivity index (χ4v) is 3.97. The van der Waals surface area contributed by atoms with E-state index in [1.54, 1.807) is 0 Å². The molecule has 0 unspecified atom stereocenters. The molecule has 0 aliphatic heterocycles. The van der Waals surface area contributed by atoms with Crippen LogP contribution in [-0.4, -0.2) is 54.9 Å². The van der Waals surface area contributed by atoms with Crippen molar-refractivity contribution >= 4 is 48.6 Å². The minimum Gasteiger partial charge on any atom is -0.434 e. The number of carbonyl (C=O) groups excluding carboxylic acids is 3. The van der Waals surface area contributed by atoms with Crippen molar-refractivity contribution < 1.29 is 42.7 Å². The quantitative estimate of drug-likeness (QED) is 0.135. The van der Waals surface area contributed by atoms with Gasteiger partial charge in [0.25, 0.3) is 0 Å². The summed E-state index contributed by atoms with van der Waals surface area (Å²) < 4.78 is 33.2. The van der Waals surface area contributed by atoms with Crippen LogP contribution in [0.3, 0.4) is 0 Å². The maximum Gasteiger partial charge on any atom is 0.340 e. The maximum atomic E-state index is 13.0. The number of hydroxylamine groups is 2. The van der Waals surface area contributed by atoms with Crippen LogP contribution in [0, 0.1) is 0 Å². The van der Waals surface area contributed by atoms with E-state index < -0.39 is 39.0 Å². The number of halogens is 2. The molecular formula is C21H22Cl2NO9P. The van der Waals surface area contributed by atoms with Gasteiger partial charge < -0.3 is 9.47 Å². The van der Waals surface area contributed by atoms with Crippen molar-refractivity contribution in [3.8, 4) is 0 Å². The Balaban J connectivity index is 1.92. The smallest absolute Gasteiger partial charge is 0.340 e. The topological polar surface area (TPSA) is 129 Å². The van der Waals surface area contributed by atoms with Crippen LogP contribution in [0.5, 0.6) is 0 Å². The Hall–Kier alpha value is -2.46. The van der Waals surface area contributed by atoms with Gasteiger partial charge in [-0.1, -0.05) is 23.2 Å². The van der Waals surface area contributed by atoms with Gasteiger partial charge in [-0.2, -0.15) is 0 Å². The van der Waals surface area contributed by atoms with E-state index >= 15 is 0 Å². The van der Waals surface area contributed by atoms with Crippen LogP contribution in [0.1, 0.15) is 33.6 Å². The van der Waals surface area contributed by atoms with Crippen LogP contribution in [-0.2, 0) is 27.9 Å². The lowest BCUT2D eigenvalue weighted by Crippen LogP contribution is -2.22. The van der Waals surface area contributed by atoms with Crippen LogP contribution in [0.25, 0.3) is 0 Å². The van der Waals surface area contributed by atoms with Crippen molar-refractivity contribution in [3.05, 3.63) is 69.7 Å². The van der Waals surface area contributed by atoms with Crippen molar-refractivity contribution in [2.75, 3.05) is 26.8 Å². The maximum absolute atomic E-state index is 13.0. The second kappa shape index (κ2) is 13.4. The monoisotopic (exact) mass is 533 g/mol. The van der Waals surface area contributed by atoms with Gasteiger partial charge in [-0.25, -0.2) is 14.7 Å². The minimum atomic E-state index is -3.97. The van der Waals surface area contributed by atoms with E-state index in [0.717, 1.165) is 7.05 Å². The van der Waals surface area contributed by atoms with Gasteiger partial charge in [-0.3, -0.25) is 23.6 Å². The molecule has 13 heteroatoms. The summed E-state index contributed by atoms with van der Waals surface area (Å²) >= 11 is 11.5. The fourth-order valence-electron chi connectivity index (χ4n) is 2.41. The van der Waals surface area contributed by atoms with Gasteiger partial charge >= 0.3 is 19.5 Å². The molecule has 34 heavy (non-hydrogen) atoms. The standard InChI is InChI=1S/C21H22Cl2NO9P/c1-24(28)19(25)3-2-12-34(29,32-13-30-20(26)15-4-8-17(22)9-5-15)33-14-31-21(27)16-6-10-18(23)11-7-16/h4-11,28H,2-3,12-14H2,1H3. The highest BCUT2D eigenvalue weighted by atomic mass is 35.5. The van der Waals surface area contributed by atoms with E-state index in [2.05, 4.69) is 0 Å². The zero-order valence-corrected chi connectivity index (χ0v) is 20.4. The second-order valence-corrected chi connectivity index (χ2v) is 9.78. The van der Waals surface area contributed by atoms with Crippen LogP contribution < -0.4 is 0 Å². The third-order valence-electron chi connectivity index (χ3n) is 4.22. The van der Waals surface area contributed by atoms with Gasteiger partial charge in [0.05, 0.1) is 17.3 Å². The molecule has 0 fully saturated rings. The third-order valence-corrected chi connectivity index (χ3v) is 6.59. The molecule has 1 amide bonds. The molecule has 2 aromatic rings. The molecule has 0 aliphatic carbocycles. The molecule has 0 aliphatic rings. The third kappa shape index (κ3) is 9.42. The number of benzene rings is 2. The zero-order chi connectivity index (χ0) is 25.1.